The van der Waals surface area contributed by atoms with Gasteiger partial charge in [-0.15, -0.1) is 0 Å². The highest BCUT2D eigenvalue weighted by Gasteiger charge is 2.17. The third-order valence-corrected chi connectivity index (χ3v) is 4.20. The lowest BCUT2D eigenvalue weighted by Gasteiger charge is -2.21. The van der Waals surface area contributed by atoms with Gasteiger partial charge >= 0.3 is 0 Å². The van der Waals surface area contributed by atoms with E-state index in [1.807, 2.05) is 25.1 Å². The fourth-order valence-corrected chi connectivity index (χ4v) is 2.71. The Bertz CT molecular complexity index is 676. The summed E-state index contributed by atoms with van der Waals surface area (Å²) in [5.41, 5.74) is 1.41. The number of benzene rings is 2. The standard InChI is InChI=1S/C19H22ClNO3/c1-13(19(23)15-8-9-18(24-2)16(20)12-15)21-11-10-17(22)14-6-4-3-5-7-14/h3-9,12-13,19,21,23H,10-11H2,1-2H3. The Balaban J connectivity index is 1.86. The number of carbonyl (C=O) groups is 1. The van der Waals surface area contributed by atoms with Crippen LogP contribution in [0.3, 0.4) is 0 Å². The third-order valence-electron chi connectivity index (χ3n) is 3.91. The summed E-state index contributed by atoms with van der Waals surface area (Å²) >= 11 is 6.09. The summed E-state index contributed by atoms with van der Waals surface area (Å²) < 4.78 is 5.11. The van der Waals surface area contributed by atoms with Gasteiger partial charge in [-0.05, 0) is 24.6 Å². The maximum atomic E-state index is 12.0. The van der Waals surface area contributed by atoms with Crippen LogP contribution in [0, 0.1) is 0 Å². The van der Waals surface area contributed by atoms with Crippen LogP contribution in [0.2, 0.25) is 5.02 Å². The van der Waals surface area contributed by atoms with Crippen molar-refractivity contribution in [3.05, 3.63) is 64.7 Å². The van der Waals surface area contributed by atoms with Crippen molar-refractivity contribution in [1.29, 1.82) is 0 Å². The first kappa shape index (κ1) is 18.5. The van der Waals surface area contributed by atoms with E-state index in [4.69, 9.17) is 16.3 Å². The molecule has 0 radical (unpaired) electrons. The molecule has 0 amide bonds. The molecule has 4 nitrogen and oxygen atoms in total. The second-order valence-corrected chi connectivity index (χ2v) is 6.03. The summed E-state index contributed by atoms with van der Waals surface area (Å²) in [5, 5.41) is 14.1. The Morgan fingerprint density at radius 2 is 1.96 bits per heavy atom. The van der Waals surface area contributed by atoms with Gasteiger partial charge < -0.3 is 15.2 Å². The van der Waals surface area contributed by atoms with Crippen molar-refractivity contribution in [2.75, 3.05) is 13.7 Å². The van der Waals surface area contributed by atoms with Gasteiger partial charge in [-0.2, -0.15) is 0 Å². The number of ether oxygens (including phenoxy) is 1. The zero-order chi connectivity index (χ0) is 17.5. The first-order chi connectivity index (χ1) is 11.5. The number of ketones is 1. The average Bonchev–Trinajstić information content (AvgIpc) is 2.61. The van der Waals surface area contributed by atoms with Crippen molar-refractivity contribution in [2.45, 2.75) is 25.5 Å². The van der Waals surface area contributed by atoms with Crippen molar-refractivity contribution in [1.82, 2.24) is 5.32 Å². The molecule has 0 saturated carbocycles. The summed E-state index contributed by atoms with van der Waals surface area (Å²) in [7, 11) is 1.55. The van der Waals surface area contributed by atoms with Crippen molar-refractivity contribution >= 4 is 17.4 Å². The predicted octanol–water partition coefficient (Wildman–Crippen LogP) is 3.63. The van der Waals surface area contributed by atoms with Crippen LogP contribution in [0.5, 0.6) is 5.75 Å². The Kier molecular flexibility index (Phi) is 6.79. The highest BCUT2D eigenvalue weighted by atomic mass is 35.5. The molecule has 0 aliphatic rings. The molecule has 24 heavy (non-hydrogen) atoms. The molecule has 0 aliphatic carbocycles. The Labute approximate surface area is 147 Å². The predicted molar refractivity (Wildman–Crippen MR) is 95.8 cm³/mol. The molecule has 2 rings (SSSR count). The first-order valence-electron chi connectivity index (χ1n) is 7.86. The number of halogens is 1. The molecule has 0 fully saturated rings. The minimum atomic E-state index is -0.722. The van der Waals surface area contributed by atoms with Crippen LogP contribution >= 0.6 is 11.6 Å². The minimum Gasteiger partial charge on any atom is -0.495 e. The molecule has 0 heterocycles. The van der Waals surface area contributed by atoms with E-state index in [1.54, 1.807) is 37.4 Å². The molecule has 5 heteroatoms. The van der Waals surface area contributed by atoms with Gasteiger partial charge in [0.2, 0.25) is 0 Å². The lowest BCUT2D eigenvalue weighted by molar-refractivity contribution is 0.0972. The summed E-state index contributed by atoms with van der Waals surface area (Å²) in [6, 6.07) is 14.2. The monoisotopic (exact) mass is 347 g/mol. The summed E-state index contributed by atoms with van der Waals surface area (Å²) in [5.74, 6) is 0.652. The zero-order valence-corrected chi connectivity index (χ0v) is 14.6. The van der Waals surface area contributed by atoms with E-state index in [2.05, 4.69) is 5.32 Å². The summed E-state index contributed by atoms with van der Waals surface area (Å²) in [4.78, 5) is 12.0. The van der Waals surface area contributed by atoms with Gasteiger partial charge in [0.15, 0.2) is 5.78 Å². The molecular formula is C19H22ClNO3. The number of carbonyl (C=O) groups excluding carboxylic acids is 1. The van der Waals surface area contributed by atoms with Crippen LogP contribution < -0.4 is 10.1 Å². The molecule has 128 valence electrons. The van der Waals surface area contributed by atoms with Gasteiger partial charge in [-0.1, -0.05) is 48.0 Å². The molecule has 0 saturated heterocycles. The number of nitrogens with one attached hydrogen (secondary N) is 1. The topological polar surface area (TPSA) is 58.6 Å². The van der Waals surface area contributed by atoms with Crippen LogP contribution in [-0.4, -0.2) is 30.6 Å². The fraction of sp³-hybridized carbons (Fsp3) is 0.316. The summed E-state index contributed by atoms with van der Waals surface area (Å²) in [6.45, 7) is 2.37. The number of Topliss-reactive ketones (excluding diaryl/α,β-unsaturated/α-hetero) is 1. The molecule has 0 aromatic heterocycles. The number of aliphatic hydroxyl groups excluding tert-OH is 1. The SMILES string of the molecule is COc1ccc(C(O)C(C)NCCC(=O)c2ccccc2)cc1Cl. The molecule has 2 unspecified atom stereocenters. The van der Waals surface area contributed by atoms with Crippen LogP contribution in [0.1, 0.15) is 35.4 Å². The highest BCUT2D eigenvalue weighted by Crippen LogP contribution is 2.28. The van der Waals surface area contributed by atoms with Gasteiger partial charge in [0, 0.05) is 24.6 Å². The van der Waals surface area contributed by atoms with E-state index in [0.717, 1.165) is 0 Å². The van der Waals surface area contributed by atoms with Crippen molar-refractivity contribution in [3.8, 4) is 5.75 Å². The number of hydrogen-bond acceptors (Lipinski definition) is 4. The fourth-order valence-electron chi connectivity index (χ4n) is 2.45. The van der Waals surface area contributed by atoms with Gasteiger partial charge in [-0.25, -0.2) is 0 Å². The van der Waals surface area contributed by atoms with E-state index >= 15 is 0 Å². The van der Waals surface area contributed by atoms with E-state index < -0.39 is 6.10 Å². The second kappa shape index (κ2) is 8.83. The van der Waals surface area contributed by atoms with E-state index in [0.29, 0.717) is 34.9 Å². The summed E-state index contributed by atoms with van der Waals surface area (Å²) in [6.07, 6.45) is -0.343. The van der Waals surface area contributed by atoms with Crippen LogP contribution in [0.4, 0.5) is 0 Å². The van der Waals surface area contributed by atoms with Crippen molar-refractivity contribution in [3.63, 3.8) is 0 Å². The quantitative estimate of drug-likeness (QED) is 0.716. The molecule has 2 N–H and O–H groups in total. The minimum absolute atomic E-state index is 0.0808. The lowest BCUT2D eigenvalue weighted by atomic mass is 10.0. The van der Waals surface area contributed by atoms with E-state index in [9.17, 15) is 9.90 Å². The van der Waals surface area contributed by atoms with Gasteiger partial charge in [0.25, 0.3) is 0 Å². The molecule has 0 aliphatic heterocycles. The molecule has 2 atom stereocenters. The number of rotatable bonds is 8. The number of aliphatic hydroxyl groups is 1. The maximum Gasteiger partial charge on any atom is 0.164 e. The maximum absolute atomic E-state index is 12.0. The van der Waals surface area contributed by atoms with Crippen LogP contribution in [0.25, 0.3) is 0 Å². The van der Waals surface area contributed by atoms with Crippen molar-refractivity contribution in [2.24, 2.45) is 0 Å². The third kappa shape index (κ3) is 4.81. The first-order valence-corrected chi connectivity index (χ1v) is 8.24. The normalized spacial score (nSPS) is 13.3. The highest BCUT2D eigenvalue weighted by molar-refractivity contribution is 6.32. The van der Waals surface area contributed by atoms with E-state index in [1.165, 1.54) is 0 Å². The van der Waals surface area contributed by atoms with Crippen LogP contribution in [0.15, 0.2) is 48.5 Å². The van der Waals surface area contributed by atoms with Gasteiger partial charge in [-0.3, -0.25) is 4.79 Å². The molecule has 0 bridgehead atoms. The lowest BCUT2D eigenvalue weighted by Crippen LogP contribution is -2.33. The average molecular weight is 348 g/mol. The Morgan fingerprint density at radius 3 is 2.58 bits per heavy atom. The van der Waals surface area contributed by atoms with Gasteiger partial charge in [0.05, 0.1) is 18.2 Å². The number of methoxy groups -OCH3 is 1. The van der Waals surface area contributed by atoms with Crippen LogP contribution in [-0.2, 0) is 0 Å². The van der Waals surface area contributed by atoms with Crippen molar-refractivity contribution < 1.29 is 14.6 Å². The largest absolute Gasteiger partial charge is 0.495 e. The molecule has 2 aromatic rings. The van der Waals surface area contributed by atoms with Gasteiger partial charge in [0.1, 0.15) is 5.75 Å². The molecule has 0 spiro atoms. The second-order valence-electron chi connectivity index (χ2n) is 5.62. The van der Waals surface area contributed by atoms with E-state index in [-0.39, 0.29) is 11.8 Å². The Hall–Kier alpha value is -1.88. The molecular weight excluding hydrogens is 326 g/mol. The number of hydrogen-bond donors (Lipinski definition) is 2. The Morgan fingerprint density at radius 1 is 1.25 bits per heavy atom. The zero-order valence-electron chi connectivity index (χ0n) is 13.8. The molecule has 2 aromatic carbocycles. The smallest absolute Gasteiger partial charge is 0.164 e.